The summed E-state index contributed by atoms with van der Waals surface area (Å²) in [6.07, 6.45) is 1.57. The number of ether oxygens (including phenoxy) is 1. The van der Waals surface area contributed by atoms with Crippen molar-refractivity contribution in [1.82, 2.24) is 15.2 Å². The summed E-state index contributed by atoms with van der Waals surface area (Å²) in [6, 6.07) is 9.45. The number of nitrogens with zero attached hydrogens (tertiary/aromatic N) is 3. The van der Waals surface area contributed by atoms with Crippen LogP contribution in [0, 0.1) is 13.8 Å². The van der Waals surface area contributed by atoms with Crippen molar-refractivity contribution in [2.75, 3.05) is 12.4 Å². The van der Waals surface area contributed by atoms with Gasteiger partial charge >= 0.3 is 0 Å². The Hall–Kier alpha value is -2.80. The first kappa shape index (κ1) is 16.1. The number of para-hydroxylation sites is 1. The van der Waals surface area contributed by atoms with E-state index in [2.05, 4.69) is 20.5 Å². The van der Waals surface area contributed by atoms with Crippen molar-refractivity contribution in [2.45, 2.75) is 13.8 Å². The van der Waals surface area contributed by atoms with E-state index in [4.69, 9.17) is 4.74 Å². The van der Waals surface area contributed by atoms with Crippen LogP contribution in [0.3, 0.4) is 0 Å². The fraction of sp³-hybridized carbons (Fsp3) is 0.176. The molecule has 0 saturated heterocycles. The van der Waals surface area contributed by atoms with Crippen LogP contribution in [-0.2, 0) is 0 Å². The highest BCUT2D eigenvalue weighted by Gasteiger charge is 2.18. The monoisotopic (exact) mass is 340 g/mol. The van der Waals surface area contributed by atoms with Gasteiger partial charge in [0.1, 0.15) is 10.8 Å². The zero-order valence-corrected chi connectivity index (χ0v) is 14.3. The molecule has 0 aliphatic rings. The Morgan fingerprint density at radius 2 is 1.96 bits per heavy atom. The highest BCUT2D eigenvalue weighted by molar-refractivity contribution is 7.15. The summed E-state index contributed by atoms with van der Waals surface area (Å²) in [6.45, 7) is 3.72. The van der Waals surface area contributed by atoms with Crippen molar-refractivity contribution >= 4 is 22.4 Å². The van der Waals surface area contributed by atoms with E-state index in [0.717, 1.165) is 21.8 Å². The number of carbonyl (C=O) groups excluding carboxylic acids is 1. The average molecular weight is 340 g/mol. The highest BCUT2D eigenvalue weighted by atomic mass is 32.1. The third-order valence-electron chi connectivity index (χ3n) is 3.43. The summed E-state index contributed by atoms with van der Waals surface area (Å²) in [5.74, 6) is 0.420. The summed E-state index contributed by atoms with van der Waals surface area (Å²) in [5, 5.41) is 11.9. The molecule has 2 heterocycles. The van der Waals surface area contributed by atoms with Gasteiger partial charge in [0, 0.05) is 23.0 Å². The molecule has 0 fully saturated rings. The number of hydrogen-bond donors (Lipinski definition) is 1. The van der Waals surface area contributed by atoms with E-state index in [-0.39, 0.29) is 5.91 Å². The van der Waals surface area contributed by atoms with Crippen LogP contribution in [0.4, 0.5) is 5.13 Å². The zero-order valence-electron chi connectivity index (χ0n) is 13.5. The minimum atomic E-state index is -0.278. The van der Waals surface area contributed by atoms with Crippen LogP contribution >= 0.6 is 11.3 Å². The molecule has 0 unspecified atom stereocenters. The Kier molecular flexibility index (Phi) is 4.52. The van der Waals surface area contributed by atoms with Crippen molar-refractivity contribution in [3.8, 4) is 16.9 Å². The molecule has 1 N–H and O–H groups in total. The van der Waals surface area contributed by atoms with Gasteiger partial charge in [0.2, 0.25) is 5.13 Å². The predicted octanol–water partition coefficient (Wildman–Crippen LogP) is 3.48. The van der Waals surface area contributed by atoms with Crippen molar-refractivity contribution in [1.29, 1.82) is 0 Å². The summed E-state index contributed by atoms with van der Waals surface area (Å²) in [5.41, 5.74) is 2.87. The number of benzene rings is 1. The van der Waals surface area contributed by atoms with Gasteiger partial charge in [-0.2, -0.15) is 0 Å². The fourth-order valence-electron chi connectivity index (χ4n) is 2.34. The number of amides is 1. The van der Waals surface area contributed by atoms with Crippen LogP contribution in [-0.4, -0.2) is 28.2 Å². The number of aryl methyl sites for hydroxylation is 2. The van der Waals surface area contributed by atoms with Crippen LogP contribution in [0.25, 0.3) is 11.1 Å². The van der Waals surface area contributed by atoms with Gasteiger partial charge in [-0.3, -0.25) is 15.1 Å². The van der Waals surface area contributed by atoms with Gasteiger partial charge in [-0.05, 0) is 26.0 Å². The Balaban J connectivity index is 2.04. The van der Waals surface area contributed by atoms with Gasteiger partial charge in [0.05, 0.1) is 12.7 Å². The molecule has 0 spiro atoms. The van der Waals surface area contributed by atoms with Crippen LogP contribution in [0.5, 0.6) is 5.75 Å². The van der Waals surface area contributed by atoms with Gasteiger partial charge in [0.25, 0.3) is 5.91 Å². The molecule has 1 aromatic carbocycles. The molecule has 2 aromatic heterocycles. The number of rotatable bonds is 4. The smallest absolute Gasteiger partial charge is 0.259 e. The summed E-state index contributed by atoms with van der Waals surface area (Å²) in [4.78, 5) is 16.9. The van der Waals surface area contributed by atoms with Crippen molar-refractivity contribution in [3.63, 3.8) is 0 Å². The molecule has 3 rings (SSSR count). The average Bonchev–Trinajstić information content (AvgIpc) is 2.99. The van der Waals surface area contributed by atoms with E-state index in [1.807, 2.05) is 44.2 Å². The Bertz CT molecular complexity index is 892. The molecule has 1 amide bonds. The van der Waals surface area contributed by atoms with Gasteiger partial charge in [-0.25, -0.2) is 0 Å². The number of hydrogen-bond acceptors (Lipinski definition) is 6. The molecule has 0 saturated carbocycles. The summed E-state index contributed by atoms with van der Waals surface area (Å²) >= 11 is 1.32. The maximum absolute atomic E-state index is 12.7. The van der Waals surface area contributed by atoms with E-state index in [0.29, 0.717) is 16.4 Å². The van der Waals surface area contributed by atoms with Crippen LogP contribution in [0.15, 0.2) is 36.5 Å². The zero-order chi connectivity index (χ0) is 17.1. The van der Waals surface area contributed by atoms with Gasteiger partial charge in [0.15, 0.2) is 0 Å². The van der Waals surface area contributed by atoms with Crippen molar-refractivity contribution in [2.24, 2.45) is 0 Å². The number of aromatic nitrogens is 3. The predicted molar refractivity (Wildman–Crippen MR) is 93.6 cm³/mol. The van der Waals surface area contributed by atoms with Crippen molar-refractivity contribution < 1.29 is 9.53 Å². The second-order valence-corrected chi connectivity index (χ2v) is 6.33. The second kappa shape index (κ2) is 6.76. The lowest BCUT2D eigenvalue weighted by atomic mass is 9.99. The lowest BCUT2D eigenvalue weighted by Crippen LogP contribution is -2.14. The number of pyridine rings is 1. The second-order valence-electron chi connectivity index (χ2n) is 5.15. The summed E-state index contributed by atoms with van der Waals surface area (Å²) in [7, 11) is 1.61. The Morgan fingerprint density at radius 3 is 2.67 bits per heavy atom. The topological polar surface area (TPSA) is 77.0 Å². The molecule has 3 aromatic rings. The largest absolute Gasteiger partial charge is 0.496 e. The maximum Gasteiger partial charge on any atom is 0.259 e. The number of nitrogens with one attached hydrogen (secondary N) is 1. The minimum Gasteiger partial charge on any atom is -0.496 e. The van der Waals surface area contributed by atoms with Crippen LogP contribution < -0.4 is 10.1 Å². The number of carbonyl (C=O) groups is 1. The highest BCUT2D eigenvalue weighted by Crippen LogP contribution is 2.32. The maximum atomic E-state index is 12.7. The Labute approximate surface area is 143 Å². The quantitative estimate of drug-likeness (QED) is 0.787. The molecule has 0 aliphatic heterocycles. The van der Waals surface area contributed by atoms with Crippen LogP contribution in [0.1, 0.15) is 21.1 Å². The molecule has 24 heavy (non-hydrogen) atoms. The number of methoxy groups -OCH3 is 1. The third-order valence-corrected chi connectivity index (χ3v) is 4.18. The van der Waals surface area contributed by atoms with E-state index in [1.54, 1.807) is 13.3 Å². The first-order valence-electron chi connectivity index (χ1n) is 7.30. The van der Waals surface area contributed by atoms with E-state index < -0.39 is 0 Å². The summed E-state index contributed by atoms with van der Waals surface area (Å²) < 4.78 is 5.42. The van der Waals surface area contributed by atoms with Crippen LogP contribution in [0.2, 0.25) is 0 Å². The molecule has 0 aliphatic carbocycles. The first-order chi connectivity index (χ1) is 11.6. The molecular weight excluding hydrogens is 324 g/mol. The third kappa shape index (κ3) is 3.26. The lowest BCUT2D eigenvalue weighted by molar-refractivity contribution is 0.102. The number of anilines is 1. The minimum absolute atomic E-state index is 0.278. The SMILES string of the molecule is COc1ccccc1-c1cc(C)ncc1C(=O)Nc1nnc(C)s1. The molecule has 122 valence electrons. The standard InChI is InChI=1S/C17H16N4O2S/c1-10-8-13(12-6-4-5-7-15(12)23-3)14(9-18-10)16(22)19-17-21-20-11(2)24-17/h4-9H,1-3H3,(H,19,21,22). The molecular formula is C17H16N4O2S. The molecule has 0 radical (unpaired) electrons. The first-order valence-corrected chi connectivity index (χ1v) is 8.11. The Morgan fingerprint density at radius 1 is 1.17 bits per heavy atom. The fourth-order valence-corrected chi connectivity index (χ4v) is 2.93. The van der Waals surface area contributed by atoms with Gasteiger partial charge < -0.3 is 4.74 Å². The normalized spacial score (nSPS) is 10.5. The van der Waals surface area contributed by atoms with Gasteiger partial charge in [-0.15, -0.1) is 10.2 Å². The molecule has 7 heteroatoms. The van der Waals surface area contributed by atoms with E-state index in [1.165, 1.54) is 11.3 Å². The molecule has 0 atom stereocenters. The molecule has 6 nitrogen and oxygen atoms in total. The molecule has 0 bridgehead atoms. The van der Waals surface area contributed by atoms with Gasteiger partial charge in [-0.1, -0.05) is 29.5 Å². The van der Waals surface area contributed by atoms with Crippen molar-refractivity contribution in [3.05, 3.63) is 52.8 Å². The van der Waals surface area contributed by atoms with E-state index in [9.17, 15) is 4.79 Å². The van der Waals surface area contributed by atoms with E-state index >= 15 is 0 Å². The lowest BCUT2D eigenvalue weighted by Gasteiger charge is -2.13.